The van der Waals surface area contributed by atoms with Crippen molar-refractivity contribution < 1.29 is 5.11 Å². The van der Waals surface area contributed by atoms with Gasteiger partial charge in [0.15, 0.2) is 0 Å². The Bertz CT molecular complexity index is 281. The van der Waals surface area contributed by atoms with E-state index < -0.39 is 0 Å². The predicted octanol–water partition coefficient (Wildman–Crippen LogP) is 0.972. The molecule has 14 heavy (non-hydrogen) atoms. The molecule has 0 saturated carbocycles. The summed E-state index contributed by atoms with van der Waals surface area (Å²) in [5, 5.41) is 13.4. The van der Waals surface area contributed by atoms with E-state index in [4.69, 9.17) is 5.11 Å². The van der Waals surface area contributed by atoms with Crippen molar-refractivity contribution in [3.63, 3.8) is 0 Å². The van der Waals surface area contributed by atoms with Crippen LogP contribution in [0, 0.1) is 0 Å². The van der Waals surface area contributed by atoms with Crippen molar-refractivity contribution >= 4 is 11.3 Å². The largest absolute Gasteiger partial charge is 0.396 e. The van der Waals surface area contributed by atoms with Gasteiger partial charge >= 0.3 is 0 Å². The molecular weight excluding hydrogens is 196 g/mol. The monoisotopic (exact) mass is 212 g/mol. The minimum Gasteiger partial charge on any atom is -0.396 e. The summed E-state index contributed by atoms with van der Waals surface area (Å²) in [7, 11) is 0. The third-order valence-electron chi connectivity index (χ3n) is 2.54. The van der Waals surface area contributed by atoms with E-state index in [1.54, 1.807) is 11.3 Å². The normalized spacial score (nSPS) is 21.6. The summed E-state index contributed by atoms with van der Waals surface area (Å²) < 4.78 is 0. The van der Waals surface area contributed by atoms with Gasteiger partial charge in [0.2, 0.25) is 0 Å². The molecule has 1 aromatic rings. The second kappa shape index (κ2) is 4.87. The van der Waals surface area contributed by atoms with Crippen LogP contribution in [0.2, 0.25) is 0 Å². The number of nitrogens with zero attached hydrogens (tertiary/aromatic N) is 1. The van der Waals surface area contributed by atoms with Gasteiger partial charge < -0.3 is 10.4 Å². The van der Waals surface area contributed by atoms with E-state index in [0.717, 1.165) is 19.4 Å². The van der Waals surface area contributed by atoms with Gasteiger partial charge in [-0.3, -0.25) is 0 Å². The predicted molar refractivity (Wildman–Crippen MR) is 57.6 cm³/mol. The highest BCUT2D eigenvalue weighted by Gasteiger charge is 2.15. The highest BCUT2D eigenvalue weighted by Crippen LogP contribution is 2.18. The zero-order valence-corrected chi connectivity index (χ0v) is 9.02. The zero-order valence-electron chi connectivity index (χ0n) is 8.20. The average molecular weight is 212 g/mol. The molecule has 4 heteroatoms. The number of aliphatic hydroxyl groups is 1. The van der Waals surface area contributed by atoms with Gasteiger partial charge in [0.25, 0.3) is 0 Å². The number of hydrogen-bond donors (Lipinski definition) is 2. The topological polar surface area (TPSA) is 45.2 Å². The van der Waals surface area contributed by atoms with E-state index in [2.05, 4.69) is 10.3 Å². The SMILES string of the molecule is OCCc1cnc(CC2CCCN2)s1. The second-order valence-corrected chi connectivity index (χ2v) is 4.89. The number of aromatic nitrogens is 1. The molecule has 0 amide bonds. The average Bonchev–Trinajstić information content (AvgIpc) is 2.79. The van der Waals surface area contributed by atoms with Gasteiger partial charge in [0.05, 0.1) is 5.01 Å². The van der Waals surface area contributed by atoms with Gasteiger partial charge in [-0.1, -0.05) is 0 Å². The smallest absolute Gasteiger partial charge is 0.0943 e. The van der Waals surface area contributed by atoms with E-state index in [1.165, 1.54) is 22.7 Å². The van der Waals surface area contributed by atoms with Crippen molar-refractivity contribution in [2.24, 2.45) is 0 Å². The van der Waals surface area contributed by atoms with E-state index in [-0.39, 0.29) is 6.61 Å². The molecule has 0 aromatic carbocycles. The molecule has 1 fully saturated rings. The molecule has 1 aliphatic rings. The van der Waals surface area contributed by atoms with Gasteiger partial charge in [-0.25, -0.2) is 4.98 Å². The van der Waals surface area contributed by atoms with Crippen LogP contribution in [0.5, 0.6) is 0 Å². The van der Waals surface area contributed by atoms with Gasteiger partial charge in [-0.15, -0.1) is 11.3 Å². The summed E-state index contributed by atoms with van der Waals surface area (Å²) in [6, 6.07) is 0.628. The van der Waals surface area contributed by atoms with Gasteiger partial charge in [0.1, 0.15) is 0 Å². The van der Waals surface area contributed by atoms with E-state index in [9.17, 15) is 0 Å². The summed E-state index contributed by atoms with van der Waals surface area (Å²) >= 11 is 1.73. The quantitative estimate of drug-likeness (QED) is 0.782. The molecule has 1 atom stereocenters. The Morgan fingerprint density at radius 3 is 3.29 bits per heavy atom. The summed E-state index contributed by atoms with van der Waals surface area (Å²) in [6.45, 7) is 1.38. The van der Waals surface area contributed by atoms with Crippen LogP contribution in [0.15, 0.2) is 6.20 Å². The molecular formula is C10H16N2OS. The molecule has 0 aliphatic carbocycles. The lowest BCUT2D eigenvalue weighted by Crippen LogP contribution is -2.23. The third-order valence-corrected chi connectivity index (χ3v) is 3.62. The lowest BCUT2D eigenvalue weighted by atomic mass is 10.2. The third kappa shape index (κ3) is 2.53. The minimum absolute atomic E-state index is 0.226. The number of rotatable bonds is 4. The van der Waals surface area contributed by atoms with Crippen LogP contribution in [-0.4, -0.2) is 29.3 Å². The molecule has 3 nitrogen and oxygen atoms in total. The van der Waals surface area contributed by atoms with E-state index in [1.807, 2.05) is 6.20 Å². The molecule has 0 radical (unpaired) electrons. The Kier molecular flexibility index (Phi) is 3.50. The van der Waals surface area contributed by atoms with Gasteiger partial charge in [-0.2, -0.15) is 0 Å². The number of aliphatic hydroxyl groups excluding tert-OH is 1. The van der Waals surface area contributed by atoms with E-state index >= 15 is 0 Å². The van der Waals surface area contributed by atoms with Crippen LogP contribution in [0.3, 0.4) is 0 Å². The van der Waals surface area contributed by atoms with Crippen LogP contribution in [0.25, 0.3) is 0 Å². The molecule has 1 saturated heterocycles. The maximum absolute atomic E-state index is 8.78. The van der Waals surface area contributed by atoms with Crippen LogP contribution < -0.4 is 5.32 Å². The van der Waals surface area contributed by atoms with Crippen LogP contribution in [0.1, 0.15) is 22.7 Å². The van der Waals surface area contributed by atoms with Crippen LogP contribution in [0.4, 0.5) is 0 Å². The van der Waals surface area contributed by atoms with Gasteiger partial charge in [-0.05, 0) is 19.4 Å². The van der Waals surface area contributed by atoms with Crippen molar-refractivity contribution in [2.75, 3.05) is 13.2 Å². The van der Waals surface area contributed by atoms with Crippen molar-refractivity contribution in [1.29, 1.82) is 0 Å². The van der Waals surface area contributed by atoms with Crippen molar-refractivity contribution in [1.82, 2.24) is 10.3 Å². The second-order valence-electron chi connectivity index (χ2n) is 3.69. The maximum Gasteiger partial charge on any atom is 0.0943 e. The van der Waals surface area contributed by atoms with Crippen LogP contribution >= 0.6 is 11.3 Å². The first-order chi connectivity index (χ1) is 6.88. The molecule has 2 heterocycles. The van der Waals surface area contributed by atoms with Crippen LogP contribution in [-0.2, 0) is 12.8 Å². The highest BCUT2D eigenvalue weighted by atomic mass is 32.1. The Morgan fingerprint density at radius 1 is 1.64 bits per heavy atom. The Labute approximate surface area is 88.2 Å². The summed E-state index contributed by atoms with van der Waals surface area (Å²) in [4.78, 5) is 5.56. The lowest BCUT2D eigenvalue weighted by molar-refractivity contribution is 0.300. The van der Waals surface area contributed by atoms with E-state index in [0.29, 0.717) is 6.04 Å². The highest BCUT2D eigenvalue weighted by molar-refractivity contribution is 7.11. The number of thiazole rings is 1. The molecule has 0 bridgehead atoms. The van der Waals surface area contributed by atoms with Crippen molar-refractivity contribution in [3.8, 4) is 0 Å². The summed E-state index contributed by atoms with van der Waals surface area (Å²) in [5.41, 5.74) is 0. The summed E-state index contributed by atoms with van der Waals surface area (Å²) in [5.74, 6) is 0. The molecule has 2 N–H and O–H groups in total. The molecule has 78 valence electrons. The Balaban J connectivity index is 1.88. The first-order valence-electron chi connectivity index (χ1n) is 5.16. The molecule has 1 aromatic heterocycles. The lowest BCUT2D eigenvalue weighted by Gasteiger charge is -2.06. The van der Waals surface area contributed by atoms with Gasteiger partial charge in [0, 0.05) is 36.6 Å². The molecule has 2 rings (SSSR count). The fourth-order valence-corrected chi connectivity index (χ4v) is 2.80. The van der Waals surface area contributed by atoms with Crippen molar-refractivity contribution in [3.05, 3.63) is 16.1 Å². The standard InChI is InChI=1S/C10H16N2OS/c13-5-3-9-7-12-10(14-9)6-8-2-1-4-11-8/h7-8,11,13H,1-6H2. The zero-order chi connectivity index (χ0) is 9.80. The Morgan fingerprint density at radius 2 is 2.57 bits per heavy atom. The maximum atomic E-state index is 8.78. The molecule has 1 aliphatic heterocycles. The first-order valence-corrected chi connectivity index (χ1v) is 5.98. The molecule has 1 unspecified atom stereocenters. The number of nitrogens with one attached hydrogen (secondary N) is 1. The van der Waals surface area contributed by atoms with Crippen molar-refractivity contribution in [2.45, 2.75) is 31.7 Å². The summed E-state index contributed by atoms with van der Waals surface area (Å²) in [6.07, 6.45) is 6.26. The fourth-order valence-electron chi connectivity index (χ4n) is 1.81. The first kappa shape index (κ1) is 10.1. The molecule has 0 spiro atoms. The fraction of sp³-hybridized carbons (Fsp3) is 0.700. The minimum atomic E-state index is 0.226. The number of hydrogen-bond acceptors (Lipinski definition) is 4. The Hall–Kier alpha value is -0.450.